The summed E-state index contributed by atoms with van der Waals surface area (Å²) >= 11 is 0. The second-order valence-corrected chi connectivity index (χ2v) is 3.88. The lowest BCUT2D eigenvalue weighted by molar-refractivity contribution is -0.386. The van der Waals surface area contributed by atoms with E-state index in [2.05, 4.69) is 12.0 Å². The number of benzene rings is 2. The molecule has 0 heterocycles. The predicted octanol–water partition coefficient (Wildman–Crippen LogP) is 2.67. The van der Waals surface area contributed by atoms with Gasteiger partial charge >= 0.3 is 0 Å². The number of aliphatic hydroxyl groups excluding tert-OH is 1. The van der Waals surface area contributed by atoms with Crippen molar-refractivity contribution in [1.29, 1.82) is 0 Å². The fourth-order valence-electron chi connectivity index (χ4n) is 1.60. The summed E-state index contributed by atoms with van der Waals surface area (Å²) in [5.74, 6) is 2.96. The lowest BCUT2D eigenvalue weighted by atomic mass is 10.1. The Morgan fingerprint density at radius 3 is 2.45 bits per heavy atom. The Hall–Kier alpha value is -2.84. The van der Waals surface area contributed by atoms with Gasteiger partial charge in [-0.1, -0.05) is 30.3 Å². The monoisotopic (exact) mass is 269 g/mol. The molecule has 0 spiro atoms. The second kappa shape index (κ2) is 6.36. The number of ether oxygens (including phenoxy) is 1. The highest BCUT2D eigenvalue weighted by Gasteiger charge is 2.17. The van der Waals surface area contributed by atoms with Gasteiger partial charge in [0.05, 0.1) is 10.5 Å². The molecule has 2 aromatic rings. The Balaban J connectivity index is 2.13. The van der Waals surface area contributed by atoms with Crippen molar-refractivity contribution in [3.05, 3.63) is 70.3 Å². The quantitative estimate of drug-likeness (QED) is 0.528. The average molecular weight is 269 g/mol. The van der Waals surface area contributed by atoms with E-state index in [-0.39, 0.29) is 11.3 Å². The molecular formula is C15H11NO4. The molecule has 2 rings (SSSR count). The van der Waals surface area contributed by atoms with E-state index in [9.17, 15) is 15.2 Å². The average Bonchev–Trinajstić information content (AvgIpc) is 2.48. The molecule has 0 saturated carbocycles. The molecule has 0 aliphatic carbocycles. The van der Waals surface area contributed by atoms with E-state index >= 15 is 0 Å². The Labute approximate surface area is 115 Å². The van der Waals surface area contributed by atoms with Crippen LogP contribution >= 0.6 is 0 Å². The van der Waals surface area contributed by atoms with Crippen LogP contribution in [0.15, 0.2) is 54.6 Å². The van der Waals surface area contributed by atoms with Crippen LogP contribution in [0.5, 0.6) is 5.75 Å². The van der Waals surface area contributed by atoms with Gasteiger partial charge in [0.1, 0.15) is 18.0 Å². The summed E-state index contributed by atoms with van der Waals surface area (Å²) in [6.07, 6.45) is 1.07. The number of rotatable bonds is 3. The van der Waals surface area contributed by atoms with E-state index < -0.39 is 11.0 Å². The van der Waals surface area contributed by atoms with E-state index in [1.165, 1.54) is 18.2 Å². The molecule has 20 heavy (non-hydrogen) atoms. The Morgan fingerprint density at radius 1 is 1.10 bits per heavy atom. The van der Waals surface area contributed by atoms with Crippen molar-refractivity contribution in [3.8, 4) is 17.8 Å². The fraction of sp³-hybridized carbons (Fsp3) is 0.0667. The topological polar surface area (TPSA) is 72.6 Å². The number of nitro benzene ring substituents is 1. The number of nitro groups is 1. The van der Waals surface area contributed by atoms with E-state index in [4.69, 9.17) is 4.74 Å². The minimum atomic E-state index is -1.28. The first kappa shape index (κ1) is 13.6. The van der Waals surface area contributed by atoms with Crippen molar-refractivity contribution in [2.75, 3.05) is 0 Å². The van der Waals surface area contributed by atoms with Crippen molar-refractivity contribution >= 4 is 5.69 Å². The molecule has 2 aromatic carbocycles. The molecule has 0 radical (unpaired) electrons. The Kier molecular flexibility index (Phi) is 4.32. The zero-order chi connectivity index (χ0) is 14.4. The number of hydrogen-bond donors (Lipinski definition) is 1. The second-order valence-electron chi connectivity index (χ2n) is 3.88. The molecule has 0 aliphatic rings. The third-order valence-corrected chi connectivity index (χ3v) is 2.54. The molecule has 1 unspecified atom stereocenters. The van der Waals surface area contributed by atoms with Gasteiger partial charge < -0.3 is 9.84 Å². The van der Waals surface area contributed by atoms with Gasteiger partial charge in [0.2, 0.25) is 0 Å². The van der Waals surface area contributed by atoms with Gasteiger partial charge in [-0.05, 0) is 24.1 Å². The van der Waals surface area contributed by atoms with E-state index in [1.807, 2.05) is 6.07 Å². The molecule has 100 valence electrons. The summed E-state index contributed by atoms with van der Waals surface area (Å²) < 4.78 is 5.11. The molecule has 5 heteroatoms. The van der Waals surface area contributed by atoms with Crippen LogP contribution in [0.1, 0.15) is 11.7 Å². The van der Waals surface area contributed by atoms with Gasteiger partial charge in [-0.3, -0.25) is 10.1 Å². The zero-order valence-corrected chi connectivity index (χ0v) is 10.4. The SMILES string of the molecule is O=[N+]([O-])c1ccccc1C(O)C#COc1ccccc1. The summed E-state index contributed by atoms with van der Waals surface area (Å²) in [6, 6.07) is 14.7. The lowest BCUT2D eigenvalue weighted by Crippen LogP contribution is -2.00. The van der Waals surface area contributed by atoms with Gasteiger partial charge in [-0.15, -0.1) is 0 Å². The van der Waals surface area contributed by atoms with Crippen LogP contribution in [0, 0.1) is 22.1 Å². The lowest BCUT2D eigenvalue weighted by Gasteiger charge is -2.04. The zero-order valence-electron chi connectivity index (χ0n) is 10.4. The standard InChI is InChI=1S/C15H11NO4/c17-15(10-11-20-12-6-2-1-3-7-12)13-8-4-5-9-14(13)16(18)19/h1-9,15,17H. The number of aliphatic hydroxyl groups is 1. The molecular weight excluding hydrogens is 258 g/mol. The molecule has 0 aliphatic heterocycles. The fourth-order valence-corrected chi connectivity index (χ4v) is 1.60. The van der Waals surface area contributed by atoms with E-state index in [0.717, 1.165) is 0 Å². The van der Waals surface area contributed by atoms with Crippen molar-refractivity contribution < 1.29 is 14.8 Å². The van der Waals surface area contributed by atoms with Gasteiger partial charge in [0.25, 0.3) is 5.69 Å². The summed E-state index contributed by atoms with van der Waals surface area (Å²) in [7, 11) is 0. The van der Waals surface area contributed by atoms with Crippen molar-refractivity contribution in [2.24, 2.45) is 0 Å². The maximum absolute atomic E-state index is 10.8. The highest BCUT2D eigenvalue weighted by Crippen LogP contribution is 2.24. The maximum atomic E-state index is 10.8. The summed E-state index contributed by atoms with van der Waals surface area (Å²) in [5.41, 5.74) is -0.0318. The first-order valence-electron chi connectivity index (χ1n) is 5.82. The normalized spacial score (nSPS) is 11.1. The van der Waals surface area contributed by atoms with Crippen LogP contribution in [0.2, 0.25) is 0 Å². The van der Waals surface area contributed by atoms with Crippen LogP contribution in [0.3, 0.4) is 0 Å². The third kappa shape index (κ3) is 3.34. The van der Waals surface area contributed by atoms with Gasteiger partial charge in [0.15, 0.2) is 0 Å². The number of hydrogen-bond acceptors (Lipinski definition) is 4. The molecule has 0 saturated heterocycles. The maximum Gasteiger partial charge on any atom is 0.276 e. The highest BCUT2D eigenvalue weighted by atomic mass is 16.6. The van der Waals surface area contributed by atoms with Crippen LogP contribution in [-0.4, -0.2) is 10.0 Å². The molecule has 0 fully saturated rings. The summed E-state index contributed by atoms with van der Waals surface area (Å²) in [4.78, 5) is 10.3. The molecule has 1 atom stereocenters. The van der Waals surface area contributed by atoms with Crippen molar-refractivity contribution in [2.45, 2.75) is 6.10 Å². The van der Waals surface area contributed by atoms with Crippen LogP contribution < -0.4 is 4.74 Å². The smallest absolute Gasteiger partial charge is 0.276 e. The predicted molar refractivity (Wildman–Crippen MR) is 72.9 cm³/mol. The van der Waals surface area contributed by atoms with Gasteiger partial charge in [0, 0.05) is 6.07 Å². The van der Waals surface area contributed by atoms with Crippen molar-refractivity contribution in [3.63, 3.8) is 0 Å². The first-order chi connectivity index (χ1) is 9.68. The minimum Gasteiger partial charge on any atom is -0.407 e. The molecule has 0 amide bonds. The Bertz CT molecular complexity index is 658. The van der Waals surface area contributed by atoms with E-state index in [0.29, 0.717) is 5.75 Å². The first-order valence-corrected chi connectivity index (χ1v) is 5.82. The summed E-state index contributed by atoms with van der Waals surface area (Å²) in [6.45, 7) is 0. The highest BCUT2D eigenvalue weighted by molar-refractivity contribution is 5.43. The summed E-state index contributed by atoms with van der Waals surface area (Å²) in [5, 5.41) is 20.7. The number of nitrogens with zero attached hydrogens (tertiary/aromatic N) is 1. The number of para-hydroxylation sites is 2. The largest absolute Gasteiger partial charge is 0.407 e. The van der Waals surface area contributed by atoms with Crippen LogP contribution in [0.4, 0.5) is 5.69 Å². The van der Waals surface area contributed by atoms with Gasteiger partial charge in [-0.25, -0.2) is 0 Å². The third-order valence-electron chi connectivity index (χ3n) is 2.54. The van der Waals surface area contributed by atoms with Crippen LogP contribution in [0.25, 0.3) is 0 Å². The molecule has 0 aromatic heterocycles. The van der Waals surface area contributed by atoms with Crippen molar-refractivity contribution in [1.82, 2.24) is 0 Å². The van der Waals surface area contributed by atoms with Gasteiger partial charge in [-0.2, -0.15) is 0 Å². The molecule has 0 bridgehead atoms. The molecule has 5 nitrogen and oxygen atoms in total. The Morgan fingerprint density at radius 2 is 1.75 bits per heavy atom. The molecule has 1 N–H and O–H groups in total. The van der Waals surface area contributed by atoms with Crippen LogP contribution in [-0.2, 0) is 0 Å². The minimum absolute atomic E-state index is 0.140. The van der Waals surface area contributed by atoms with E-state index in [1.54, 1.807) is 30.3 Å².